The fourth-order valence-electron chi connectivity index (χ4n) is 2.70. The average Bonchev–Trinajstić information content (AvgIpc) is 3.00. The molecular weight excluding hydrogens is 242 g/mol. The summed E-state index contributed by atoms with van der Waals surface area (Å²) in [4.78, 5) is 6.25. The molecule has 1 aliphatic rings. The number of aryl methyl sites for hydroxylation is 2. The largest absolute Gasteiger partial charge is 0.326 e. The molecule has 0 fully saturated rings. The van der Waals surface area contributed by atoms with Crippen molar-refractivity contribution in [2.24, 2.45) is 5.73 Å². The van der Waals surface area contributed by atoms with E-state index in [1.165, 1.54) is 16.1 Å². The van der Waals surface area contributed by atoms with Crippen molar-refractivity contribution >= 4 is 17.0 Å². The molecule has 4 rings (SSSR count). The van der Waals surface area contributed by atoms with E-state index in [0.717, 1.165) is 29.7 Å². The van der Waals surface area contributed by atoms with Gasteiger partial charge in [-0.3, -0.25) is 0 Å². The van der Waals surface area contributed by atoms with Crippen LogP contribution in [0.15, 0.2) is 29.8 Å². The normalized spacial score (nSPS) is 13.6. The molecule has 0 amide bonds. The smallest absolute Gasteiger partial charge is 0.137 e. The minimum absolute atomic E-state index is 0.567. The van der Waals surface area contributed by atoms with E-state index in [9.17, 15) is 0 Å². The number of hydrogen-bond donors (Lipinski definition) is 1. The van der Waals surface area contributed by atoms with Crippen molar-refractivity contribution in [3.63, 3.8) is 0 Å². The standard InChI is InChI=1S/C14H13N3S/c15-8-9-3-5-17-11-1-2-12-10(4-6-18-12)14(11)16-13(17)7-9/h3-7H,1-2,8,15H2. The molecule has 0 saturated carbocycles. The zero-order valence-electron chi connectivity index (χ0n) is 9.89. The first kappa shape index (κ1) is 10.3. The third-order valence-electron chi connectivity index (χ3n) is 3.61. The number of hydrogen-bond acceptors (Lipinski definition) is 3. The highest BCUT2D eigenvalue weighted by molar-refractivity contribution is 7.10. The van der Waals surface area contributed by atoms with E-state index in [1.54, 1.807) is 0 Å². The van der Waals surface area contributed by atoms with Crippen LogP contribution in [-0.2, 0) is 19.4 Å². The second-order valence-corrected chi connectivity index (χ2v) is 5.63. The highest BCUT2D eigenvalue weighted by atomic mass is 32.1. The SMILES string of the molecule is NCc1ccn2c3c(nc2c1)-c1ccsc1CC3. The highest BCUT2D eigenvalue weighted by Crippen LogP contribution is 2.36. The van der Waals surface area contributed by atoms with Crippen LogP contribution in [0.3, 0.4) is 0 Å². The Morgan fingerprint density at radius 3 is 3.17 bits per heavy atom. The summed E-state index contributed by atoms with van der Waals surface area (Å²) >= 11 is 1.84. The molecule has 0 atom stereocenters. The van der Waals surface area contributed by atoms with Gasteiger partial charge in [0.25, 0.3) is 0 Å². The van der Waals surface area contributed by atoms with Crippen LogP contribution in [0.2, 0.25) is 0 Å². The first-order chi connectivity index (χ1) is 8.86. The molecule has 0 aromatic carbocycles. The molecule has 0 radical (unpaired) electrons. The third kappa shape index (κ3) is 1.30. The van der Waals surface area contributed by atoms with Gasteiger partial charge in [-0.1, -0.05) is 0 Å². The number of pyridine rings is 1. The van der Waals surface area contributed by atoms with Gasteiger partial charge in [0.2, 0.25) is 0 Å². The second-order valence-electron chi connectivity index (χ2n) is 4.63. The van der Waals surface area contributed by atoms with Crippen LogP contribution in [0.4, 0.5) is 0 Å². The molecule has 0 bridgehead atoms. The summed E-state index contributed by atoms with van der Waals surface area (Å²) < 4.78 is 2.20. The summed E-state index contributed by atoms with van der Waals surface area (Å²) in [5, 5.41) is 2.16. The van der Waals surface area contributed by atoms with Gasteiger partial charge in [-0.05, 0) is 42.0 Å². The molecule has 3 nitrogen and oxygen atoms in total. The number of nitrogens with zero attached hydrogens (tertiary/aromatic N) is 2. The number of imidazole rings is 1. The number of thiophene rings is 1. The Kier molecular flexibility index (Phi) is 2.10. The Labute approximate surface area is 109 Å². The Balaban J connectivity index is 2.03. The summed E-state index contributed by atoms with van der Waals surface area (Å²) in [6.07, 6.45) is 4.30. The Morgan fingerprint density at radius 1 is 1.33 bits per heavy atom. The van der Waals surface area contributed by atoms with Gasteiger partial charge >= 0.3 is 0 Å². The minimum atomic E-state index is 0.567. The summed E-state index contributed by atoms with van der Waals surface area (Å²) in [6, 6.07) is 6.36. The quantitative estimate of drug-likeness (QED) is 0.726. The van der Waals surface area contributed by atoms with Crippen molar-refractivity contribution in [1.29, 1.82) is 0 Å². The summed E-state index contributed by atoms with van der Waals surface area (Å²) in [6.45, 7) is 0.567. The van der Waals surface area contributed by atoms with Crippen LogP contribution in [0.25, 0.3) is 16.9 Å². The maximum Gasteiger partial charge on any atom is 0.137 e. The first-order valence-electron chi connectivity index (χ1n) is 6.13. The van der Waals surface area contributed by atoms with E-state index in [0.29, 0.717) is 6.54 Å². The second kappa shape index (κ2) is 3.67. The topological polar surface area (TPSA) is 43.3 Å². The van der Waals surface area contributed by atoms with Crippen molar-refractivity contribution in [3.05, 3.63) is 45.9 Å². The summed E-state index contributed by atoms with van der Waals surface area (Å²) in [5.41, 5.74) is 11.6. The van der Waals surface area contributed by atoms with Gasteiger partial charge in [0, 0.05) is 23.2 Å². The van der Waals surface area contributed by atoms with E-state index in [-0.39, 0.29) is 0 Å². The zero-order valence-corrected chi connectivity index (χ0v) is 10.7. The first-order valence-corrected chi connectivity index (χ1v) is 7.01. The molecule has 0 saturated heterocycles. The van der Waals surface area contributed by atoms with E-state index in [4.69, 9.17) is 10.7 Å². The van der Waals surface area contributed by atoms with Crippen LogP contribution < -0.4 is 5.73 Å². The van der Waals surface area contributed by atoms with Gasteiger partial charge in [-0.25, -0.2) is 4.98 Å². The van der Waals surface area contributed by atoms with Crippen molar-refractivity contribution in [2.45, 2.75) is 19.4 Å². The van der Waals surface area contributed by atoms with Crippen molar-refractivity contribution in [3.8, 4) is 11.3 Å². The molecule has 4 heteroatoms. The number of rotatable bonds is 1. The van der Waals surface area contributed by atoms with Crippen molar-refractivity contribution in [2.75, 3.05) is 0 Å². The molecule has 18 heavy (non-hydrogen) atoms. The van der Waals surface area contributed by atoms with E-state index >= 15 is 0 Å². The monoisotopic (exact) mass is 255 g/mol. The summed E-state index contributed by atoms with van der Waals surface area (Å²) in [7, 11) is 0. The molecular formula is C14H13N3S. The molecule has 2 N–H and O–H groups in total. The lowest BCUT2D eigenvalue weighted by molar-refractivity contribution is 0.892. The van der Waals surface area contributed by atoms with Gasteiger partial charge in [-0.2, -0.15) is 0 Å². The summed E-state index contributed by atoms with van der Waals surface area (Å²) in [5.74, 6) is 0. The molecule has 0 unspecified atom stereocenters. The van der Waals surface area contributed by atoms with Gasteiger partial charge in [0.05, 0.1) is 11.4 Å². The number of fused-ring (bicyclic) bond motifs is 5. The predicted octanol–water partition coefficient (Wildman–Crippen LogP) is 2.62. The van der Waals surface area contributed by atoms with Gasteiger partial charge < -0.3 is 10.1 Å². The molecule has 90 valence electrons. The highest BCUT2D eigenvalue weighted by Gasteiger charge is 2.22. The molecule has 1 aliphatic carbocycles. The minimum Gasteiger partial charge on any atom is -0.326 e. The third-order valence-corrected chi connectivity index (χ3v) is 4.60. The molecule has 0 spiro atoms. The van der Waals surface area contributed by atoms with Crippen LogP contribution in [0.1, 0.15) is 16.1 Å². The molecule has 0 aliphatic heterocycles. The van der Waals surface area contributed by atoms with Gasteiger partial charge in [0.1, 0.15) is 5.65 Å². The molecule has 3 aromatic rings. The van der Waals surface area contributed by atoms with E-state index in [1.807, 2.05) is 11.3 Å². The average molecular weight is 255 g/mol. The van der Waals surface area contributed by atoms with E-state index in [2.05, 4.69) is 34.2 Å². The number of aromatic nitrogens is 2. The van der Waals surface area contributed by atoms with Crippen LogP contribution >= 0.6 is 11.3 Å². The van der Waals surface area contributed by atoms with E-state index < -0.39 is 0 Å². The van der Waals surface area contributed by atoms with Crippen molar-refractivity contribution in [1.82, 2.24) is 9.38 Å². The van der Waals surface area contributed by atoms with Crippen LogP contribution in [-0.4, -0.2) is 9.38 Å². The van der Waals surface area contributed by atoms with Crippen LogP contribution in [0, 0.1) is 0 Å². The zero-order chi connectivity index (χ0) is 12.1. The van der Waals surface area contributed by atoms with Gasteiger partial charge in [-0.15, -0.1) is 11.3 Å². The number of nitrogens with two attached hydrogens (primary N) is 1. The maximum atomic E-state index is 5.69. The lowest BCUT2D eigenvalue weighted by Crippen LogP contribution is -2.03. The molecule has 3 aromatic heterocycles. The lowest BCUT2D eigenvalue weighted by atomic mass is 10.0. The Hall–Kier alpha value is -1.65. The predicted molar refractivity (Wildman–Crippen MR) is 73.8 cm³/mol. The van der Waals surface area contributed by atoms with Gasteiger partial charge in [0.15, 0.2) is 0 Å². The fourth-order valence-corrected chi connectivity index (χ4v) is 3.58. The Morgan fingerprint density at radius 2 is 2.28 bits per heavy atom. The van der Waals surface area contributed by atoms with Crippen LogP contribution in [0.5, 0.6) is 0 Å². The van der Waals surface area contributed by atoms with Crippen molar-refractivity contribution < 1.29 is 0 Å². The molecule has 3 heterocycles. The Bertz CT molecular complexity index is 739. The maximum absolute atomic E-state index is 5.69. The lowest BCUT2D eigenvalue weighted by Gasteiger charge is -2.11. The fraction of sp³-hybridized carbons (Fsp3) is 0.214.